The van der Waals surface area contributed by atoms with Crippen molar-refractivity contribution in [2.45, 2.75) is 39.7 Å². The molecule has 0 unspecified atom stereocenters. The summed E-state index contributed by atoms with van der Waals surface area (Å²) in [5, 5.41) is 6.82. The Morgan fingerprint density at radius 2 is 2.08 bits per heavy atom. The average molecular weight is 341 g/mol. The highest BCUT2D eigenvalue weighted by atomic mass is 16.2. The van der Waals surface area contributed by atoms with Crippen LogP contribution in [0.25, 0.3) is 0 Å². The normalized spacial score (nSPS) is 17.9. The summed E-state index contributed by atoms with van der Waals surface area (Å²) in [7, 11) is 0. The van der Waals surface area contributed by atoms with Gasteiger partial charge >= 0.3 is 0 Å². The van der Waals surface area contributed by atoms with Crippen LogP contribution in [0.2, 0.25) is 0 Å². The molecule has 1 fully saturated rings. The van der Waals surface area contributed by atoms with Crippen molar-refractivity contribution in [3.63, 3.8) is 0 Å². The molecule has 1 aliphatic heterocycles. The molecule has 25 heavy (non-hydrogen) atoms. The van der Waals surface area contributed by atoms with Gasteiger partial charge in [-0.05, 0) is 32.4 Å². The number of H-pyrrole nitrogens is 1. The highest BCUT2D eigenvalue weighted by Crippen LogP contribution is 2.24. The Kier molecular flexibility index (Phi) is 4.83. The molecule has 7 heteroatoms. The Bertz CT molecular complexity index is 785. The van der Waals surface area contributed by atoms with Gasteiger partial charge in [0.15, 0.2) is 5.82 Å². The molecule has 2 aromatic rings. The van der Waals surface area contributed by atoms with Gasteiger partial charge in [-0.2, -0.15) is 5.10 Å². The summed E-state index contributed by atoms with van der Waals surface area (Å²) in [6, 6.07) is 7.79. The van der Waals surface area contributed by atoms with E-state index < -0.39 is 0 Å². The van der Waals surface area contributed by atoms with E-state index in [1.807, 2.05) is 45.0 Å². The first-order valence-electron chi connectivity index (χ1n) is 8.49. The van der Waals surface area contributed by atoms with E-state index in [2.05, 4.69) is 15.2 Å². The molecule has 0 spiro atoms. The van der Waals surface area contributed by atoms with Gasteiger partial charge < -0.3 is 9.80 Å². The SMILES string of the molecule is Cc1nc(CCC(=O)N2CC(=O)N(c3ccccc3C)C[C@@H]2C)n[nH]1. The van der Waals surface area contributed by atoms with Crippen LogP contribution in [0.1, 0.15) is 30.6 Å². The number of carbonyl (C=O) groups excluding carboxylic acids is 2. The van der Waals surface area contributed by atoms with E-state index in [1.54, 1.807) is 9.80 Å². The van der Waals surface area contributed by atoms with E-state index in [1.165, 1.54) is 0 Å². The monoisotopic (exact) mass is 341 g/mol. The predicted octanol–water partition coefficient (Wildman–Crippen LogP) is 1.62. The fourth-order valence-corrected chi connectivity index (χ4v) is 3.15. The van der Waals surface area contributed by atoms with Gasteiger partial charge in [-0.1, -0.05) is 18.2 Å². The molecule has 0 saturated carbocycles. The van der Waals surface area contributed by atoms with Crippen LogP contribution in [0.4, 0.5) is 5.69 Å². The minimum absolute atomic E-state index is 0.0290. The number of para-hydroxylation sites is 1. The van der Waals surface area contributed by atoms with E-state index >= 15 is 0 Å². The zero-order chi connectivity index (χ0) is 18.0. The van der Waals surface area contributed by atoms with E-state index in [0.717, 1.165) is 17.1 Å². The second kappa shape index (κ2) is 7.04. The Labute approximate surface area is 147 Å². The molecule has 0 bridgehead atoms. The minimum Gasteiger partial charge on any atom is -0.329 e. The third-order valence-corrected chi connectivity index (χ3v) is 4.52. The average Bonchev–Trinajstić information content (AvgIpc) is 3.00. The number of aryl methyl sites for hydroxylation is 3. The number of amides is 2. The Hall–Kier alpha value is -2.70. The van der Waals surface area contributed by atoms with Crippen LogP contribution < -0.4 is 4.90 Å². The maximum atomic E-state index is 12.6. The molecular weight excluding hydrogens is 318 g/mol. The first kappa shape index (κ1) is 17.1. The van der Waals surface area contributed by atoms with Crippen molar-refractivity contribution in [1.82, 2.24) is 20.1 Å². The molecular formula is C18H23N5O2. The van der Waals surface area contributed by atoms with Crippen LogP contribution in [0.3, 0.4) is 0 Å². The summed E-state index contributed by atoms with van der Waals surface area (Å²) in [4.78, 5) is 32.8. The van der Waals surface area contributed by atoms with Gasteiger partial charge in [0, 0.05) is 31.1 Å². The fourth-order valence-electron chi connectivity index (χ4n) is 3.15. The Morgan fingerprint density at radius 3 is 2.76 bits per heavy atom. The number of carbonyl (C=O) groups is 2. The molecule has 3 rings (SSSR count). The van der Waals surface area contributed by atoms with Gasteiger partial charge in [0.2, 0.25) is 11.8 Å². The maximum absolute atomic E-state index is 12.6. The zero-order valence-corrected chi connectivity index (χ0v) is 14.8. The van der Waals surface area contributed by atoms with E-state index in [0.29, 0.717) is 25.2 Å². The fraction of sp³-hybridized carbons (Fsp3) is 0.444. The predicted molar refractivity (Wildman–Crippen MR) is 94.1 cm³/mol. The van der Waals surface area contributed by atoms with Crippen molar-refractivity contribution in [2.75, 3.05) is 18.0 Å². The van der Waals surface area contributed by atoms with Gasteiger partial charge in [-0.25, -0.2) is 4.98 Å². The van der Waals surface area contributed by atoms with Crippen molar-refractivity contribution in [2.24, 2.45) is 0 Å². The zero-order valence-electron chi connectivity index (χ0n) is 14.8. The molecule has 1 N–H and O–H groups in total. The highest BCUT2D eigenvalue weighted by Gasteiger charge is 2.33. The molecule has 1 atom stereocenters. The molecule has 0 aliphatic carbocycles. The van der Waals surface area contributed by atoms with Crippen LogP contribution in [0.15, 0.2) is 24.3 Å². The number of nitrogens with zero attached hydrogens (tertiary/aromatic N) is 4. The Balaban J connectivity index is 1.64. The number of piperazine rings is 1. The van der Waals surface area contributed by atoms with Crippen molar-refractivity contribution in [3.8, 4) is 0 Å². The third kappa shape index (κ3) is 3.70. The summed E-state index contributed by atoms with van der Waals surface area (Å²) in [6.45, 7) is 6.41. The maximum Gasteiger partial charge on any atom is 0.246 e. The number of aromatic nitrogens is 3. The molecule has 0 radical (unpaired) electrons. The van der Waals surface area contributed by atoms with Crippen molar-refractivity contribution < 1.29 is 9.59 Å². The number of benzene rings is 1. The molecule has 1 aliphatic rings. The van der Waals surface area contributed by atoms with Crippen LogP contribution in [0.5, 0.6) is 0 Å². The summed E-state index contributed by atoms with van der Waals surface area (Å²) in [5.41, 5.74) is 1.98. The highest BCUT2D eigenvalue weighted by molar-refractivity contribution is 5.98. The van der Waals surface area contributed by atoms with Crippen molar-refractivity contribution >= 4 is 17.5 Å². The first-order valence-corrected chi connectivity index (χ1v) is 8.49. The van der Waals surface area contributed by atoms with Crippen LogP contribution in [-0.2, 0) is 16.0 Å². The summed E-state index contributed by atoms with van der Waals surface area (Å²) >= 11 is 0. The van der Waals surface area contributed by atoms with Gasteiger partial charge in [0.1, 0.15) is 12.4 Å². The molecule has 1 aromatic heterocycles. The molecule has 1 saturated heterocycles. The molecule has 7 nitrogen and oxygen atoms in total. The van der Waals surface area contributed by atoms with Crippen molar-refractivity contribution in [3.05, 3.63) is 41.5 Å². The number of hydrogen-bond acceptors (Lipinski definition) is 4. The minimum atomic E-state index is -0.0468. The second-order valence-corrected chi connectivity index (χ2v) is 6.50. The lowest BCUT2D eigenvalue weighted by molar-refractivity contribution is -0.139. The summed E-state index contributed by atoms with van der Waals surface area (Å²) in [5.74, 6) is 1.28. The largest absolute Gasteiger partial charge is 0.329 e. The van der Waals surface area contributed by atoms with Gasteiger partial charge in [-0.15, -0.1) is 0 Å². The Morgan fingerprint density at radius 1 is 1.32 bits per heavy atom. The lowest BCUT2D eigenvalue weighted by Crippen LogP contribution is -2.57. The van der Waals surface area contributed by atoms with E-state index in [4.69, 9.17) is 0 Å². The van der Waals surface area contributed by atoms with Crippen LogP contribution in [0, 0.1) is 13.8 Å². The van der Waals surface area contributed by atoms with Gasteiger partial charge in [0.25, 0.3) is 0 Å². The summed E-state index contributed by atoms with van der Waals surface area (Å²) < 4.78 is 0. The number of aromatic amines is 1. The summed E-state index contributed by atoms with van der Waals surface area (Å²) in [6.07, 6.45) is 0.779. The second-order valence-electron chi connectivity index (χ2n) is 6.50. The number of hydrogen-bond donors (Lipinski definition) is 1. The smallest absolute Gasteiger partial charge is 0.246 e. The van der Waals surface area contributed by atoms with E-state index in [-0.39, 0.29) is 24.4 Å². The molecule has 1 aromatic carbocycles. The van der Waals surface area contributed by atoms with Gasteiger partial charge in [0.05, 0.1) is 0 Å². The molecule has 132 valence electrons. The standard InChI is InChI=1S/C18H23N5O2/c1-12-6-4-5-7-15(12)23-10-13(2)22(11-18(23)25)17(24)9-8-16-19-14(3)20-21-16/h4-7,13H,8-11H2,1-3H3,(H,19,20,21)/t13-/m0/s1. The quantitative estimate of drug-likeness (QED) is 0.916. The van der Waals surface area contributed by atoms with Crippen LogP contribution >= 0.6 is 0 Å². The molecule has 2 heterocycles. The lowest BCUT2D eigenvalue weighted by Gasteiger charge is -2.40. The molecule has 2 amide bonds. The van der Waals surface area contributed by atoms with Gasteiger partial charge in [-0.3, -0.25) is 14.7 Å². The number of rotatable bonds is 4. The number of anilines is 1. The van der Waals surface area contributed by atoms with Crippen molar-refractivity contribution in [1.29, 1.82) is 0 Å². The topological polar surface area (TPSA) is 82.2 Å². The van der Waals surface area contributed by atoms with E-state index in [9.17, 15) is 9.59 Å². The third-order valence-electron chi connectivity index (χ3n) is 4.52. The number of nitrogens with one attached hydrogen (secondary N) is 1. The lowest BCUT2D eigenvalue weighted by atomic mass is 10.1. The van der Waals surface area contributed by atoms with Crippen LogP contribution in [-0.4, -0.2) is 51.0 Å². The first-order chi connectivity index (χ1) is 12.0.